The number of benzene rings is 3. The summed E-state index contributed by atoms with van der Waals surface area (Å²) < 4.78 is 7.78. The number of carbonyl (C=O) groups is 2. The van der Waals surface area contributed by atoms with Gasteiger partial charge in [-0.1, -0.05) is 36.4 Å². The summed E-state index contributed by atoms with van der Waals surface area (Å²) in [6.45, 7) is 1.62. The molecule has 34 heavy (non-hydrogen) atoms. The maximum Gasteiger partial charge on any atom is 0.268 e. The molecule has 2 amide bonds. The molecule has 1 unspecified atom stereocenters. The molecule has 0 aliphatic carbocycles. The zero-order valence-electron chi connectivity index (χ0n) is 19.2. The molecule has 0 fully saturated rings. The first-order chi connectivity index (χ1) is 16.5. The molecule has 1 aliphatic heterocycles. The lowest BCUT2D eigenvalue weighted by atomic mass is 10.1. The van der Waals surface area contributed by atoms with Crippen LogP contribution < -0.4 is 15.0 Å². The zero-order chi connectivity index (χ0) is 23.7. The highest BCUT2D eigenvalue weighted by atomic mass is 16.5. The van der Waals surface area contributed by atoms with E-state index in [-0.39, 0.29) is 18.4 Å². The number of hydrogen-bond acceptors (Lipinski definition) is 4. The minimum atomic E-state index is -0.631. The molecule has 1 N–H and O–H groups in total. The summed E-state index contributed by atoms with van der Waals surface area (Å²) >= 11 is 0. The summed E-state index contributed by atoms with van der Waals surface area (Å²) in [5.74, 6) is 1.13. The van der Waals surface area contributed by atoms with Gasteiger partial charge in [-0.25, -0.2) is 4.98 Å². The molecule has 1 atom stereocenters. The Labute approximate surface area is 198 Å². The van der Waals surface area contributed by atoms with Crippen molar-refractivity contribution in [3.63, 3.8) is 0 Å². The summed E-state index contributed by atoms with van der Waals surface area (Å²) in [5.41, 5.74) is 4.53. The summed E-state index contributed by atoms with van der Waals surface area (Å²) in [6.07, 6.45) is 0.960. The van der Waals surface area contributed by atoms with Gasteiger partial charge in [0.2, 0.25) is 5.91 Å². The quantitative estimate of drug-likeness (QED) is 0.476. The van der Waals surface area contributed by atoms with Crippen molar-refractivity contribution in [1.82, 2.24) is 9.55 Å². The number of anilines is 2. The molecule has 7 nitrogen and oxygen atoms in total. The third kappa shape index (κ3) is 4.24. The monoisotopic (exact) mass is 454 g/mol. The van der Waals surface area contributed by atoms with Gasteiger partial charge in [0.25, 0.3) is 5.91 Å². The van der Waals surface area contributed by atoms with Crippen LogP contribution in [0.3, 0.4) is 0 Å². The maximum atomic E-state index is 12.8. The van der Waals surface area contributed by atoms with Crippen molar-refractivity contribution in [1.29, 1.82) is 0 Å². The van der Waals surface area contributed by atoms with Gasteiger partial charge in [-0.2, -0.15) is 0 Å². The van der Waals surface area contributed by atoms with Crippen LogP contribution in [0.2, 0.25) is 0 Å². The predicted molar refractivity (Wildman–Crippen MR) is 132 cm³/mol. The van der Waals surface area contributed by atoms with Crippen LogP contribution in [0.1, 0.15) is 18.3 Å². The number of amides is 2. The Kier molecular flexibility index (Phi) is 5.76. The van der Waals surface area contributed by atoms with Crippen LogP contribution in [0.15, 0.2) is 72.8 Å². The van der Waals surface area contributed by atoms with E-state index in [4.69, 9.17) is 9.72 Å². The first-order valence-corrected chi connectivity index (χ1v) is 11.4. The van der Waals surface area contributed by atoms with Crippen molar-refractivity contribution in [2.75, 3.05) is 16.8 Å². The Bertz CT molecular complexity index is 1380. The smallest absolute Gasteiger partial charge is 0.268 e. The van der Waals surface area contributed by atoms with E-state index >= 15 is 0 Å². The Morgan fingerprint density at radius 1 is 1.03 bits per heavy atom. The average molecular weight is 455 g/mol. The largest absolute Gasteiger partial charge is 0.479 e. The third-order valence-corrected chi connectivity index (χ3v) is 6.10. The van der Waals surface area contributed by atoms with Gasteiger partial charge in [-0.05, 0) is 55.3 Å². The van der Waals surface area contributed by atoms with E-state index in [1.54, 1.807) is 19.1 Å². The van der Waals surface area contributed by atoms with Crippen LogP contribution in [0.25, 0.3) is 11.0 Å². The molecule has 1 aromatic heterocycles. The van der Waals surface area contributed by atoms with Crippen LogP contribution in [0.5, 0.6) is 5.75 Å². The van der Waals surface area contributed by atoms with Crippen molar-refractivity contribution in [3.8, 4) is 5.75 Å². The van der Waals surface area contributed by atoms with E-state index in [1.165, 1.54) is 4.90 Å². The lowest BCUT2D eigenvalue weighted by Gasteiger charge is -2.32. The Morgan fingerprint density at radius 3 is 2.68 bits per heavy atom. The lowest BCUT2D eigenvalue weighted by Crippen LogP contribution is -2.47. The number of para-hydroxylation sites is 4. The average Bonchev–Trinajstić information content (AvgIpc) is 3.16. The number of rotatable bonds is 6. The summed E-state index contributed by atoms with van der Waals surface area (Å²) in [4.78, 5) is 31.7. The van der Waals surface area contributed by atoms with Gasteiger partial charge in [0.05, 0.1) is 16.7 Å². The number of aryl methyl sites for hydroxylation is 3. The van der Waals surface area contributed by atoms with Gasteiger partial charge in [-0.15, -0.1) is 0 Å². The van der Waals surface area contributed by atoms with Gasteiger partial charge in [0.15, 0.2) is 6.10 Å². The van der Waals surface area contributed by atoms with Crippen molar-refractivity contribution in [2.45, 2.75) is 25.9 Å². The fourth-order valence-corrected chi connectivity index (χ4v) is 4.35. The highest BCUT2D eigenvalue weighted by Gasteiger charge is 2.32. The molecule has 5 rings (SSSR count). The van der Waals surface area contributed by atoms with E-state index in [2.05, 4.69) is 16.0 Å². The highest BCUT2D eigenvalue weighted by Crippen LogP contribution is 2.33. The normalized spacial score (nSPS) is 15.2. The number of hydrogen-bond donors (Lipinski definition) is 1. The molecular weight excluding hydrogens is 428 g/mol. The van der Waals surface area contributed by atoms with Crippen LogP contribution in [0, 0.1) is 0 Å². The number of ether oxygens (including phenoxy) is 1. The van der Waals surface area contributed by atoms with E-state index in [1.807, 2.05) is 61.6 Å². The van der Waals surface area contributed by atoms with Crippen molar-refractivity contribution < 1.29 is 14.3 Å². The fraction of sp³-hybridized carbons (Fsp3) is 0.222. The van der Waals surface area contributed by atoms with Gasteiger partial charge < -0.3 is 14.6 Å². The topological polar surface area (TPSA) is 76.5 Å². The standard InChI is InChI=1S/C27H26N4O3/c1-18-27(33)31(23-12-5-6-13-24(23)34-18)17-26(32)28-20-9-7-8-19(16-20)14-15-25-29-21-10-3-4-11-22(21)30(25)2/h3-13,16,18H,14-15,17H2,1-2H3,(H,28,32). The number of fused-ring (bicyclic) bond motifs is 2. The van der Waals surface area contributed by atoms with Gasteiger partial charge >= 0.3 is 0 Å². The highest BCUT2D eigenvalue weighted by molar-refractivity contribution is 6.06. The molecular formula is C27H26N4O3. The molecule has 0 saturated heterocycles. The second-order valence-electron chi connectivity index (χ2n) is 8.48. The van der Waals surface area contributed by atoms with E-state index in [9.17, 15) is 9.59 Å². The van der Waals surface area contributed by atoms with E-state index in [0.717, 1.165) is 35.3 Å². The summed E-state index contributed by atoms with van der Waals surface area (Å²) in [6, 6.07) is 23.2. The summed E-state index contributed by atoms with van der Waals surface area (Å²) in [5, 5.41) is 2.93. The Hall–Kier alpha value is -4.13. The first kappa shape index (κ1) is 21.7. The SMILES string of the molecule is CC1Oc2ccccc2N(CC(=O)Nc2cccc(CCc3nc4ccccc4n3C)c2)C1=O. The maximum absolute atomic E-state index is 12.8. The number of carbonyl (C=O) groups excluding carboxylic acids is 2. The summed E-state index contributed by atoms with van der Waals surface area (Å²) in [7, 11) is 2.03. The van der Waals surface area contributed by atoms with Crippen LogP contribution in [-0.4, -0.2) is 34.0 Å². The fourth-order valence-electron chi connectivity index (χ4n) is 4.35. The zero-order valence-corrected chi connectivity index (χ0v) is 19.2. The van der Waals surface area contributed by atoms with E-state index < -0.39 is 6.10 Å². The van der Waals surface area contributed by atoms with Crippen molar-refractivity contribution in [2.24, 2.45) is 7.05 Å². The van der Waals surface area contributed by atoms with Gasteiger partial charge in [-0.3, -0.25) is 14.5 Å². The lowest BCUT2D eigenvalue weighted by molar-refractivity contribution is -0.127. The Balaban J connectivity index is 1.25. The van der Waals surface area contributed by atoms with Crippen LogP contribution >= 0.6 is 0 Å². The number of imidazole rings is 1. The number of nitrogens with one attached hydrogen (secondary N) is 1. The second kappa shape index (κ2) is 9.02. The number of aromatic nitrogens is 2. The van der Waals surface area contributed by atoms with Gasteiger partial charge in [0, 0.05) is 19.2 Å². The van der Waals surface area contributed by atoms with Crippen LogP contribution in [-0.2, 0) is 29.5 Å². The van der Waals surface area contributed by atoms with Gasteiger partial charge in [0.1, 0.15) is 18.1 Å². The Morgan fingerprint density at radius 2 is 1.82 bits per heavy atom. The van der Waals surface area contributed by atoms with Crippen molar-refractivity contribution >= 4 is 34.2 Å². The first-order valence-electron chi connectivity index (χ1n) is 11.4. The molecule has 3 aromatic carbocycles. The third-order valence-electron chi connectivity index (χ3n) is 6.10. The molecule has 1 aliphatic rings. The molecule has 172 valence electrons. The molecule has 0 saturated carbocycles. The molecule has 0 radical (unpaired) electrons. The van der Waals surface area contributed by atoms with Crippen molar-refractivity contribution in [3.05, 3.63) is 84.2 Å². The molecule has 4 aromatic rings. The molecule has 2 heterocycles. The number of nitrogens with zero attached hydrogens (tertiary/aromatic N) is 3. The minimum Gasteiger partial charge on any atom is -0.479 e. The molecule has 0 bridgehead atoms. The predicted octanol–water partition coefficient (Wildman–Crippen LogP) is 4.11. The molecule has 7 heteroatoms. The second-order valence-corrected chi connectivity index (χ2v) is 8.48. The minimum absolute atomic E-state index is 0.0758. The van der Waals surface area contributed by atoms with Crippen LogP contribution in [0.4, 0.5) is 11.4 Å². The van der Waals surface area contributed by atoms with E-state index in [0.29, 0.717) is 17.1 Å². The molecule has 0 spiro atoms.